The van der Waals surface area contributed by atoms with Crippen molar-refractivity contribution in [2.24, 2.45) is 0 Å². The number of halogens is 3. The van der Waals surface area contributed by atoms with Gasteiger partial charge < -0.3 is 30.2 Å². The van der Waals surface area contributed by atoms with Crippen LogP contribution < -0.4 is 25.4 Å². The Hall–Kier alpha value is -4.49. The summed E-state index contributed by atoms with van der Waals surface area (Å²) in [6.45, 7) is 0. The summed E-state index contributed by atoms with van der Waals surface area (Å²) in [4.78, 5) is 38.0. The minimum atomic E-state index is -4.28. The monoisotopic (exact) mass is 719 g/mol. The molecular formula is C32H28Cl3N3O8S. The van der Waals surface area contributed by atoms with Gasteiger partial charge in [0.1, 0.15) is 22.4 Å². The average molecular weight is 721 g/mol. The Morgan fingerprint density at radius 2 is 1.47 bits per heavy atom. The van der Waals surface area contributed by atoms with E-state index in [1.807, 2.05) is 0 Å². The maximum atomic E-state index is 13.8. The van der Waals surface area contributed by atoms with Crippen LogP contribution in [0.5, 0.6) is 11.5 Å². The van der Waals surface area contributed by atoms with E-state index < -0.39 is 33.8 Å². The molecule has 3 N–H and O–H groups in total. The van der Waals surface area contributed by atoms with Crippen molar-refractivity contribution in [1.29, 1.82) is 0 Å². The smallest absolute Gasteiger partial charge is 0.328 e. The summed E-state index contributed by atoms with van der Waals surface area (Å²) in [6.07, 6.45) is -0.00757. The number of hydrogen-bond donors (Lipinski definition) is 3. The molecule has 0 saturated carbocycles. The van der Waals surface area contributed by atoms with Gasteiger partial charge in [0.2, 0.25) is 9.84 Å². The van der Waals surface area contributed by atoms with Gasteiger partial charge in [-0.15, -0.1) is 0 Å². The quantitative estimate of drug-likeness (QED) is 0.146. The minimum Gasteiger partial charge on any atom is -0.497 e. The van der Waals surface area contributed by atoms with E-state index >= 15 is 0 Å². The first kappa shape index (κ1) is 35.4. The fourth-order valence-electron chi connectivity index (χ4n) is 4.47. The summed E-state index contributed by atoms with van der Waals surface area (Å²) in [7, 11) is -0.409. The fourth-order valence-corrected chi connectivity index (χ4v) is 6.78. The zero-order valence-electron chi connectivity index (χ0n) is 25.1. The second-order valence-corrected chi connectivity index (χ2v) is 12.9. The van der Waals surface area contributed by atoms with Crippen molar-refractivity contribution < 1.29 is 37.0 Å². The number of hydrogen-bond acceptors (Lipinski definition) is 8. The number of carbonyl (C=O) groups is 3. The van der Waals surface area contributed by atoms with Crippen molar-refractivity contribution >= 4 is 73.9 Å². The van der Waals surface area contributed by atoms with Gasteiger partial charge in [-0.25, -0.2) is 18.0 Å². The fraction of sp³-hybridized carbons (Fsp3) is 0.156. The van der Waals surface area contributed by atoms with Crippen LogP contribution in [0.3, 0.4) is 0 Å². The highest BCUT2D eigenvalue weighted by molar-refractivity contribution is 7.91. The minimum absolute atomic E-state index is 0.00757. The third-order valence-corrected chi connectivity index (χ3v) is 9.47. The number of esters is 1. The van der Waals surface area contributed by atoms with Crippen LogP contribution in [0.15, 0.2) is 88.7 Å². The predicted octanol–water partition coefficient (Wildman–Crippen LogP) is 6.65. The first-order chi connectivity index (χ1) is 22.4. The molecule has 4 rings (SSSR count). The maximum absolute atomic E-state index is 13.8. The van der Waals surface area contributed by atoms with Crippen LogP contribution in [0, 0.1) is 0 Å². The van der Waals surface area contributed by atoms with Gasteiger partial charge in [-0.3, -0.25) is 4.79 Å². The Balaban J connectivity index is 1.52. The molecule has 0 aliphatic heterocycles. The topological polar surface area (TPSA) is 149 Å². The molecule has 0 saturated heterocycles. The third-order valence-electron chi connectivity index (χ3n) is 6.77. The van der Waals surface area contributed by atoms with Crippen LogP contribution in [0.4, 0.5) is 16.2 Å². The molecule has 0 aromatic heterocycles. The Morgan fingerprint density at radius 1 is 0.787 bits per heavy atom. The Morgan fingerprint density at radius 3 is 2.09 bits per heavy atom. The predicted molar refractivity (Wildman–Crippen MR) is 179 cm³/mol. The van der Waals surface area contributed by atoms with E-state index in [9.17, 15) is 22.8 Å². The standard InChI is InChI=1S/C32H28Cl3N3O8S/c1-44-21-12-13-26(45-2)28(17-21)47(42,43)27-14-9-19(33)16-24(27)37-32(41)38-25(31(40)46-3)15-18-7-10-20(11-8-18)36-30(39)29-22(34)5-4-6-23(29)35/h4-14,16-17,25H,15H2,1-3H3,(H,36,39)(H2,37,38,41)/t25-/m0/s1. The Labute approximate surface area is 286 Å². The lowest BCUT2D eigenvalue weighted by Crippen LogP contribution is -2.45. The number of ether oxygens (including phenoxy) is 3. The van der Waals surface area contributed by atoms with Gasteiger partial charge in [0, 0.05) is 23.2 Å². The summed E-state index contributed by atoms with van der Waals surface area (Å²) in [6, 6.07) is 17.2. The number of carbonyl (C=O) groups excluding carboxylic acids is 3. The maximum Gasteiger partial charge on any atom is 0.328 e. The average Bonchev–Trinajstić information content (AvgIpc) is 3.04. The lowest BCUT2D eigenvalue weighted by atomic mass is 10.1. The highest BCUT2D eigenvalue weighted by Crippen LogP contribution is 2.36. The number of urea groups is 1. The first-order valence-corrected chi connectivity index (χ1v) is 16.3. The van der Waals surface area contributed by atoms with Crippen LogP contribution in [-0.4, -0.2) is 53.7 Å². The molecule has 246 valence electrons. The van der Waals surface area contributed by atoms with Crippen LogP contribution in [0.2, 0.25) is 15.1 Å². The summed E-state index contributed by atoms with van der Waals surface area (Å²) >= 11 is 18.4. The van der Waals surface area contributed by atoms with Gasteiger partial charge in [-0.1, -0.05) is 53.0 Å². The zero-order chi connectivity index (χ0) is 34.3. The molecule has 0 spiro atoms. The van der Waals surface area contributed by atoms with Crippen molar-refractivity contribution in [2.45, 2.75) is 22.3 Å². The van der Waals surface area contributed by atoms with Gasteiger partial charge in [-0.2, -0.15) is 0 Å². The third kappa shape index (κ3) is 8.46. The summed E-state index contributed by atoms with van der Waals surface area (Å²) in [5.41, 5.74) is 1.00. The molecule has 3 amide bonds. The van der Waals surface area contributed by atoms with Crippen molar-refractivity contribution in [3.63, 3.8) is 0 Å². The van der Waals surface area contributed by atoms with Crippen LogP contribution in [-0.2, 0) is 25.8 Å². The number of benzene rings is 4. The SMILES string of the molecule is COC(=O)[C@H](Cc1ccc(NC(=O)c2c(Cl)cccc2Cl)cc1)NC(=O)Nc1cc(Cl)ccc1S(=O)(=O)c1cc(OC)ccc1OC. The molecule has 47 heavy (non-hydrogen) atoms. The molecule has 1 atom stereocenters. The van der Waals surface area contributed by atoms with Crippen molar-refractivity contribution in [3.05, 3.63) is 105 Å². The van der Waals surface area contributed by atoms with Crippen LogP contribution >= 0.6 is 34.8 Å². The second kappa shape index (κ2) is 15.4. The van der Waals surface area contributed by atoms with Crippen LogP contribution in [0.1, 0.15) is 15.9 Å². The Kier molecular flexibility index (Phi) is 11.6. The Bertz CT molecular complexity index is 1900. The van der Waals surface area contributed by atoms with Crippen molar-refractivity contribution in [1.82, 2.24) is 5.32 Å². The summed E-state index contributed by atoms with van der Waals surface area (Å²) in [5, 5.41) is 8.24. The molecule has 0 bridgehead atoms. The molecule has 0 fully saturated rings. The summed E-state index contributed by atoms with van der Waals surface area (Å²) < 4.78 is 42.8. The molecule has 15 heteroatoms. The number of amides is 3. The molecular weight excluding hydrogens is 693 g/mol. The highest BCUT2D eigenvalue weighted by Gasteiger charge is 2.28. The number of anilines is 2. The van der Waals surface area contributed by atoms with E-state index in [0.29, 0.717) is 11.3 Å². The molecule has 4 aromatic carbocycles. The lowest BCUT2D eigenvalue weighted by Gasteiger charge is -2.19. The van der Waals surface area contributed by atoms with E-state index in [1.54, 1.807) is 48.5 Å². The summed E-state index contributed by atoms with van der Waals surface area (Å²) in [5.74, 6) is -0.940. The van der Waals surface area contributed by atoms with Gasteiger partial charge in [-0.05, 0) is 60.2 Å². The molecule has 0 aliphatic carbocycles. The molecule has 0 aliphatic rings. The van der Waals surface area contributed by atoms with E-state index in [4.69, 9.17) is 49.0 Å². The molecule has 4 aromatic rings. The highest BCUT2D eigenvalue weighted by atomic mass is 35.5. The first-order valence-electron chi connectivity index (χ1n) is 13.6. The zero-order valence-corrected chi connectivity index (χ0v) is 28.2. The molecule has 0 unspecified atom stereocenters. The van der Waals surface area contributed by atoms with Crippen LogP contribution in [0.25, 0.3) is 0 Å². The largest absolute Gasteiger partial charge is 0.497 e. The molecule has 11 nitrogen and oxygen atoms in total. The number of methoxy groups -OCH3 is 3. The lowest BCUT2D eigenvalue weighted by molar-refractivity contribution is -0.142. The molecule has 0 radical (unpaired) electrons. The van der Waals surface area contributed by atoms with Crippen molar-refractivity contribution in [2.75, 3.05) is 32.0 Å². The second-order valence-electron chi connectivity index (χ2n) is 9.79. The number of rotatable bonds is 11. The normalized spacial score (nSPS) is 11.6. The van der Waals surface area contributed by atoms with E-state index in [0.717, 1.165) is 7.11 Å². The van der Waals surface area contributed by atoms with E-state index in [1.165, 1.54) is 44.6 Å². The van der Waals surface area contributed by atoms with Crippen molar-refractivity contribution in [3.8, 4) is 11.5 Å². The number of nitrogens with one attached hydrogen (secondary N) is 3. The van der Waals surface area contributed by atoms with Gasteiger partial charge in [0.15, 0.2) is 0 Å². The van der Waals surface area contributed by atoms with E-state index in [2.05, 4.69) is 16.0 Å². The number of sulfone groups is 1. The van der Waals surface area contributed by atoms with Gasteiger partial charge >= 0.3 is 12.0 Å². The van der Waals surface area contributed by atoms with Gasteiger partial charge in [0.25, 0.3) is 5.91 Å². The van der Waals surface area contributed by atoms with E-state index in [-0.39, 0.29) is 54.0 Å². The molecule has 0 heterocycles. The van der Waals surface area contributed by atoms with Gasteiger partial charge in [0.05, 0.1) is 47.5 Å².